The molecular weight excluding hydrogens is 352 g/mol. The lowest BCUT2D eigenvalue weighted by molar-refractivity contribution is -0.138. The van der Waals surface area contributed by atoms with E-state index in [9.17, 15) is 9.59 Å². The van der Waals surface area contributed by atoms with E-state index in [1.54, 1.807) is 12.1 Å². The molecule has 28 heavy (non-hydrogen) atoms. The number of nitrogens with one attached hydrogen (secondary N) is 1. The van der Waals surface area contributed by atoms with E-state index in [4.69, 9.17) is 10.8 Å². The third kappa shape index (κ3) is 4.68. The van der Waals surface area contributed by atoms with Gasteiger partial charge in [-0.05, 0) is 29.2 Å². The van der Waals surface area contributed by atoms with Crippen LogP contribution >= 0.6 is 0 Å². The quantitative estimate of drug-likeness (QED) is 0.648. The molecule has 0 bridgehead atoms. The first-order valence-electron chi connectivity index (χ1n) is 8.85. The summed E-state index contributed by atoms with van der Waals surface area (Å²) in [6.45, 7) is 0.522. The van der Waals surface area contributed by atoms with Gasteiger partial charge >= 0.3 is 0 Å². The van der Waals surface area contributed by atoms with Crippen LogP contribution in [0.4, 0.5) is 0 Å². The van der Waals surface area contributed by atoms with Crippen molar-refractivity contribution >= 4 is 11.8 Å². The summed E-state index contributed by atoms with van der Waals surface area (Å²) in [5.74, 6) is 1.53. The first kappa shape index (κ1) is 19.0. The van der Waals surface area contributed by atoms with Gasteiger partial charge in [-0.15, -0.1) is 6.42 Å². The highest BCUT2D eigenvalue weighted by Crippen LogP contribution is 2.24. The van der Waals surface area contributed by atoms with Crippen LogP contribution in [0.5, 0.6) is 0 Å². The Hall–Kier alpha value is -3.78. The number of terminal acetylenes is 1. The maximum atomic E-state index is 13.0. The average molecular weight is 372 g/mol. The molecule has 5 heteroatoms. The summed E-state index contributed by atoms with van der Waals surface area (Å²) in [6.07, 6.45) is 6.85. The molecule has 3 rings (SSSR count). The van der Waals surface area contributed by atoms with Gasteiger partial charge in [-0.1, -0.05) is 60.7 Å². The average Bonchev–Trinajstić information content (AvgIpc) is 3.27. The first-order chi connectivity index (χ1) is 13.7. The second kappa shape index (κ2) is 9.24. The molecule has 0 radical (unpaired) electrons. The zero-order chi connectivity index (χ0) is 19.8. The highest BCUT2D eigenvalue weighted by atomic mass is 16.3. The van der Waals surface area contributed by atoms with Gasteiger partial charge in [0.1, 0.15) is 5.76 Å². The van der Waals surface area contributed by atoms with E-state index in [0.717, 1.165) is 11.1 Å². The van der Waals surface area contributed by atoms with Crippen molar-refractivity contribution in [1.82, 2.24) is 10.2 Å². The van der Waals surface area contributed by atoms with E-state index >= 15 is 0 Å². The molecule has 0 saturated heterocycles. The number of furan rings is 1. The number of hydrogen-bond donors (Lipinski definition) is 1. The third-order valence-corrected chi connectivity index (χ3v) is 4.26. The topological polar surface area (TPSA) is 62.6 Å². The van der Waals surface area contributed by atoms with Crippen LogP contribution in [0.25, 0.3) is 0 Å². The van der Waals surface area contributed by atoms with Gasteiger partial charge in [-0.3, -0.25) is 9.59 Å². The predicted molar refractivity (Wildman–Crippen MR) is 106 cm³/mol. The van der Waals surface area contributed by atoms with Crippen LogP contribution in [-0.4, -0.2) is 16.7 Å². The lowest BCUT2D eigenvalue weighted by atomic mass is 10.1. The summed E-state index contributed by atoms with van der Waals surface area (Å²) in [4.78, 5) is 26.9. The molecule has 3 aromatic rings. The minimum Gasteiger partial charge on any atom is -0.467 e. The van der Waals surface area contributed by atoms with Crippen molar-refractivity contribution in [1.29, 1.82) is 0 Å². The van der Waals surface area contributed by atoms with E-state index in [-0.39, 0.29) is 12.5 Å². The van der Waals surface area contributed by atoms with Crippen LogP contribution in [-0.2, 0) is 22.7 Å². The largest absolute Gasteiger partial charge is 0.467 e. The maximum Gasteiger partial charge on any atom is 0.299 e. The maximum absolute atomic E-state index is 13.0. The molecule has 1 aromatic heterocycles. The molecule has 1 heterocycles. The Morgan fingerprint density at radius 3 is 2.18 bits per heavy atom. The van der Waals surface area contributed by atoms with Crippen LogP contribution in [0.15, 0.2) is 83.5 Å². The van der Waals surface area contributed by atoms with E-state index in [2.05, 4.69) is 11.2 Å². The van der Waals surface area contributed by atoms with Crippen molar-refractivity contribution in [2.24, 2.45) is 0 Å². The highest BCUT2D eigenvalue weighted by Gasteiger charge is 2.33. The Labute approximate surface area is 164 Å². The molecule has 0 aliphatic carbocycles. The molecule has 0 aliphatic heterocycles. The van der Waals surface area contributed by atoms with Crippen molar-refractivity contribution in [3.05, 3.63) is 95.9 Å². The van der Waals surface area contributed by atoms with E-state index in [1.165, 1.54) is 11.2 Å². The molecule has 0 spiro atoms. The van der Waals surface area contributed by atoms with Crippen molar-refractivity contribution < 1.29 is 14.0 Å². The summed E-state index contributed by atoms with van der Waals surface area (Å²) in [5, 5.41) is 2.87. The third-order valence-electron chi connectivity index (χ3n) is 4.26. The highest BCUT2D eigenvalue weighted by molar-refractivity contribution is 5.96. The number of benzene rings is 2. The Morgan fingerprint density at radius 1 is 0.964 bits per heavy atom. The van der Waals surface area contributed by atoms with Crippen molar-refractivity contribution in [3.63, 3.8) is 0 Å². The molecular formula is C23H20N2O3. The van der Waals surface area contributed by atoms with Gasteiger partial charge in [0.2, 0.25) is 0 Å². The Kier molecular flexibility index (Phi) is 6.27. The molecule has 1 unspecified atom stereocenters. The normalized spacial score (nSPS) is 11.2. The monoisotopic (exact) mass is 372 g/mol. The van der Waals surface area contributed by atoms with Gasteiger partial charge in [-0.25, -0.2) is 0 Å². The van der Waals surface area contributed by atoms with Crippen LogP contribution in [0.3, 0.4) is 0 Å². The van der Waals surface area contributed by atoms with Crippen LogP contribution in [0.1, 0.15) is 22.9 Å². The number of carbonyl (C=O) groups excluding carboxylic acids is 2. The fraction of sp³-hybridized carbons (Fsp3) is 0.130. The van der Waals surface area contributed by atoms with Gasteiger partial charge in [-0.2, -0.15) is 0 Å². The zero-order valence-electron chi connectivity index (χ0n) is 15.2. The zero-order valence-corrected chi connectivity index (χ0v) is 15.2. The molecule has 5 nitrogen and oxygen atoms in total. The van der Waals surface area contributed by atoms with E-state index in [0.29, 0.717) is 12.3 Å². The van der Waals surface area contributed by atoms with Crippen LogP contribution in [0, 0.1) is 12.3 Å². The second-order valence-corrected chi connectivity index (χ2v) is 6.18. The van der Waals surface area contributed by atoms with Gasteiger partial charge in [0.05, 0.1) is 6.26 Å². The minimum atomic E-state index is -0.970. The number of carbonyl (C=O) groups is 2. The molecule has 2 amide bonds. The van der Waals surface area contributed by atoms with Crippen molar-refractivity contribution in [2.45, 2.75) is 19.1 Å². The molecule has 140 valence electrons. The molecule has 0 saturated carbocycles. The molecule has 1 N–H and O–H groups in total. The SMILES string of the molecule is C#CC(=O)N(Cc1ccccc1)C(C(=O)NCc1ccccc1)c1ccco1. The van der Waals surface area contributed by atoms with Gasteiger partial charge in [0, 0.05) is 13.1 Å². The summed E-state index contributed by atoms with van der Waals surface area (Å²) in [7, 11) is 0. The lowest BCUT2D eigenvalue weighted by Crippen LogP contribution is -2.42. The molecule has 1 atom stereocenters. The smallest absolute Gasteiger partial charge is 0.299 e. The van der Waals surface area contributed by atoms with E-state index in [1.807, 2.05) is 60.7 Å². The molecule has 2 aromatic carbocycles. The number of nitrogens with zero attached hydrogens (tertiary/aromatic N) is 1. The second-order valence-electron chi connectivity index (χ2n) is 6.18. The lowest BCUT2D eigenvalue weighted by Gasteiger charge is -2.28. The molecule has 0 aliphatic rings. The van der Waals surface area contributed by atoms with Gasteiger partial charge in [0.15, 0.2) is 6.04 Å². The van der Waals surface area contributed by atoms with Crippen molar-refractivity contribution in [2.75, 3.05) is 0 Å². The Morgan fingerprint density at radius 2 is 1.61 bits per heavy atom. The number of hydrogen-bond acceptors (Lipinski definition) is 3. The summed E-state index contributed by atoms with van der Waals surface area (Å²) in [5.41, 5.74) is 1.81. The first-order valence-corrected chi connectivity index (χ1v) is 8.85. The van der Waals surface area contributed by atoms with Gasteiger partial charge in [0.25, 0.3) is 11.8 Å². The minimum absolute atomic E-state index is 0.188. The summed E-state index contributed by atoms with van der Waals surface area (Å²) < 4.78 is 5.46. The fourth-order valence-corrected chi connectivity index (χ4v) is 2.90. The summed E-state index contributed by atoms with van der Waals surface area (Å²) in [6, 6.07) is 21.3. The van der Waals surface area contributed by atoms with E-state index < -0.39 is 11.9 Å². The molecule has 0 fully saturated rings. The van der Waals surface area contributed by atoms with Gasteiger partial charge < -0.3 is 14.6 Å². The standard InChI is InChI=1S/C23H20N2O3/c1-2-21(26)25(17-19-12-7-4-8-13-19)22(20-14-9-15-28-20)23(27)24-16-18-10-5-3-6-11-18/h1,3-15,22H,16-17H2,(H,24,27). The Bertz CT molecular complexity index is 945. The van der Waals surface area contributed by atoms with Crippen molar-refractivity contribution in [3.8, 4) is 12.3 Å². The fourth-order valence-electron chi connectivity index (χ4n) is 2.90. The number of amides is 2. The summed E-state index contributed by atoms with van der Waals surface area (Å²) >= 11 is 0. The van der Waals surface area contributed by atoms with Crippen LogP contribution in [0.2, 0.25) is 0 Å². The van der Waals surface area contributed by atoms with Crippen LogP contribution < -0.4 is 5.32 Å². The Balaban J connectivity index is 1.87. The predicted octanol–water partition coefficient (Wildman–Crippen LogP) is 3.30. The number of rotatable bonds is 7.